The van der Waals surface area contributed by atoms with Crippen LogP contribution in [0.15, 0.2) is 66.7 Å². The van der Waals surface area contributed by atoms with Gasteiger partial charge in [0, 0.05) is 12.8 Å². The van der Waals surface area contributed by atoms with Crippen LogP contribution in [-0.4, -0.2) is 5.78 Å². The van der Waals surface area contributed by atoms with Gasteiger partial charge in [-0.1, -0.05) is 72.8 Å². The van der Waals surface area contributed by atoms with Crippen molar-refractivity contribution in [3.8, 4) is 0 Å². The molecule has 0 N–H and O–H groups in total. The minimum atomic E-state index is 0.244. The number of allylic oxidation sites excluding steroid dienone is 1. The molecule has 2 aromatic carbocycles. The highest BCUT2D eigenvalue weighted by Gasteiger charge is 2.00. The van der Waals surface area contributed by atoms with Gasteiger partial charge in [-0.05, 0) is 11.1 Å². The van der Waals surface area contributed by atoms with Gasteiger partial charge >= 0.3 is 0 Å². The van der Waals surface area contributed by atoms with Crippen LogP contribution in [0.1, 0.15) is 17.5 Å². The Kier molecular flexibility index (Phi) is 4.48. The van der Waals surface area contributed by atoms with Gasteiger partial charge in [0.2, 0.25) is 0 Å². The molecule has 0 radical (unpaired) electrons. The Balaban J connectivity index is 1.84. The Morgan fingerprint density at radius 3 is 2.17 bits per heavy atom. The fraction of sp³-hybridized carbons (Fsp3) is 0.118. The van der Waals surface area contributed by atoms with Crippen molar-refractivity contribution in [2.75, 3.05) is 0 Å². The molecule has 0 unspecified atom stereocenters. The van der Waals surface area contributed by atoms with E-state index >= 15 is 0 Å². The third-order valence-electron chi connectivity index (χ3n) is 2.70. The lowest BCUT2D eigenvalue weighted by atomic mass is 10.1. The molecule has 2 rings (SSSR count). The predicted octanol–water partition coefficient (Wildman–Crippen LogP) is 3.90. The Bertz CT molecular complexity index is 512. The van der Waals surface area contributed by atoms with Crippen molar-refractivity contribution >= 4 is 11.9 Å². The Labute approximate surface area is 108 Å². The van der Waals surface area contributed by atoms with Gasteiger partial charge in [0.05, 0.1) is 0 Å². The van der Waals surface area contributed by atoms with Crippen LogP contribution in [0.2, 0.25) is 0 Å². The summed E-state index contributed by atoms with van der Waals surface area (Å²) in [6.07, 6.45) is 4.92. The van der Waals surface area contributed by atoms with Crippen molar-refractivity contribution in [3.05, 3.63) is 77.9 Å². The summed E-state index contributed by atoms with van der Waals surface area (Å²) in [5.41, 5.74) is 2.21. The third kappa shape index (κ3) is 4.02. The van der Waals surface area contributed by atoms with Crippen LogP contribution in [0.3, 0.4) is 0 Å². The van der Waals surface area contributed by atoms with E-state index in [9.17, 15) is 4.79 Å². The molecule has 2 aromatic rings. The van der Waals surface area contributed by atoms with Crippen LogP contribution >= 0.6 is 0 Å². The predicted molar refractivity (Wildman–Crippen MR) is 75.2 cm³/mol. The summed E-state index contributed by atoms with van der Waals surface area (Å²) in [6.45, 7) is 0. The number of carbonyl (C=O) groups is 1. The molecule has 18 heavy (non-hydrogen) atoms. The lowest BCUT2D eigenvalue weighted by Crippen LogP contribution is -2.00. The number of rotatable bonds is 5. The first-order chi connectivity index (χ1) is 8.84. The lowest BCUT2D eigenvalue weighted by Gasteiger charge is -1.98. The summed E-state index contributed by atoms with van der Waals surface area (Å²) in [4.78, 5) is 11.8. The molecule has 0 saturated carbocycles. The molecule has 0 bridgehead atoms. The number of hydrogen-bond donors (Lipinski definition) is 0. The highest BCUT2D eigenvalue weighted by atomic mass is 16.1. The molecule has 0 heterocycles. The second-order valence-electron chi connectivity index (χ2n) is 4.22. The van der Waals surface area contributed by atoms with Crippen LogP contribution in [-0.2, 0) is 11.2 Å². The fourth-order valence-corrected chi connectivity index (χ4v) is 1.79. The van der Waals surface area contributed by atoms with Crippen LogP contribution < -0.4 is 0 Å². The maximum absolute atomic E-state index is 11.8. The molecule has 0 aromatic heterocycles. The minimum absolute atomic E-state index is 0.244. The van der Waals surface area contributed by atoms with E-state index in [0.29, 0.717) is 12.8 Å². The summed E-state index contributed by atoms with van der Waals surface area (Å²) >= 11 is 0. The van der Waals surface area contributed by atoms with Crippen LogP contribution in [0.5, 0.6) is 0 Å². The molecule has 0 amide bonds. The molecule has 90 valence electrons. The quantitative estimate of drug-likeness (QED) is 0.769. The molecular weight excluding hydrogens is 220 g/mol. The van der Waals surface area contributed by atoms with Crippen molar-refractivity contribution in [1.82, 2.24) is 0 Å². The van der Waals surface area contributed by atoms with E-state index in [-0.39, 0.29) is 5.78 Å². The second kappa shape index (κ2) is 6.55. The van der Waals surface area contributed by atoms with Gasteiger partial charge in [-0.3, -0.25) is 4.79 Å². The lowest BCUT2D eigenvalue weighted by molar-refractivity contribution is -0.117. The van der Waals surface area contributed by atoms with E-state index in [2.05, 4.69) is 0 Å². The van der Waals surface area contributed by atoms with Crippen molar-refractivity contribution in [3.63, 3.8) is 0 Å². The van der Waals surface area contributed by atoms with E-state index < -0.39 is 0 Å². The zero-order valence-electron chi connectivity index (χ0n) is 10.3. The summed E-state index contributed by atoms with van der Waals surface area (Å²) in [5, 5.41) is 0. The topological polar surface area (TPSA) is 17.1 Å². The smallest absolute Gasteiger partial charge is 0.141 e. The highest BCUT2D eigenvalue weighted by molar-refractivity contribution is 5.82. The average molecular weight is 236 g/mol. The van der Waals surface area contributed by atoms with E-state index in [0.717, 1.165) is 11.1 Å². The number of benzene rings is 2. The van der Waals surface area contributed by atoms with E-state index in [1.165, 1.54) is 0 Å². The van der Waals surface area contributed by atoms with Gasteiger partial charge in [-0.25, -0.2) is 0 Å². The first-order valence-electron chi connectivity index (χ1n) is 6.12. The van der Waals surface area contributed by atoms with E-state index in [1.807, 2.05) is 72.8 Å². The third-order valence-corrected chi connectivity index (χ3v) is 2.70. The number of ketones is 1. The first-order valence-corrected chi connectivity index (χ1v) is 6.12. The van der Waals surface area contributed by atoms with Gasteiger partial charge < -0.3 is 0 Å². The zero-order valence-corrected chi connectivity index (χ0v) is 10.3. The molecule has 0 aliphatic carbocycles. The molecular formula is C17H16O. The summed E-state index contributed by atoms with van der Waals surface area (Å²) in [7, 11) is 0. The number of Topliss-reactive ketones (excluding diaryl/α,β-unsaturated/α-hetero) is 1. The first kappa shape index (κ1) is 12.3. The summed E-state index contributed by atoms with van der Waals surface area (Å²) < 4.78 is 0. The van der Waals surface area contributed by atoms with Crippen LogP contribution in [0.25, 0.3) is 6.08 Å². The largest absolute Gasteiger partial charge is 0.299 e. The van der Waals surface area contributed by atoms with Gasteiger partial charge in [0.15, 0.2) is 0 Å². The average Bonchev–Trinajstić information content (AvgIpc) is 2.41. The summed E-state index contributed by atoms with van der Waals surface area (Å²) in [5.74, 6) is 0.244. The maximum atomic E-state index is 11.8. The molecule has 0 spiro atoms. The second-order valence-corrected chi connectivity index (χ2v) is 4.22. The van der Waals surface area contributed by atoms with Crippen molar-refractivity contribution < 1.29 is 4.79 Å². The van der Waals surface area contributed by atoms with Crippen molar-refractivity contribution in [2.45, 2.75) is 12.8 Å². The fourth-order valence-electron chi connectivity index (χ4n) is 1.79. The van der Waals surface area contributed by atoms with Crippen LogP contribution in [0, 0.1) is 0 Å². The Hall–Kier alpha value is -2.15. The van der Waals surface area contributed by atoms with Crippen molar-refractivity contribution in [1.29, 1.82) is 0 Å². The molecule has 0 fully saturated rings. The standard InChI is InChI=1S/C17H16O/c18-17(14-16-10-5-2-6-11-16)13-7-12-15-8-3-1-4-9-15/h1-12H,13-14H2. The van der Waals surface area contributed by atoms with E-state index in [1.54, 1.807) is 0 Å². The van der Waals surface area contributed by atoms with Crippen molar-refractivity contribution in [2.24, 2.45) is 0 Å². The maximum Gasteiger partial charge on any atom is 0.141 e. The van der Waals surface area contributed by atoms with E-state index in [4.69, 9.17) is 0 Å². The Morgan fingerprint density at radius 1 is 0.889 bits per heavy atom. The normalized spacial score (nSPS) is 10.7. The Morgan fingerprint density at radius 2 is 1.50 bits per heavy atom. The molecule has 0 saturated heterocycles. The van der Waals surface area contributed by atoms with Gasteiger partial charge in [-0.15, -0.1) is 0 Å². The molecule has 0 atom stereocenters. The number of carbonyl (C=O) groups excluding carboxylic acids is 1. The van der Waals surface area contributed by atoms with Gasteiger partial charge in [-0.2, -0.15) is 0 Å². The molecule has 1 nitrogen and oxygen atoms in total. The minimum Gasteiger partial charge on any atom is -0.299 e. The number of hydrogen-bond acceptors (Lipinski definition) is 1. The zero-order chi connectivity index (χ0) is 12.6. The SMILES string of the molecule is O=C(CC=Cc1ccccc1)Cc1ccccc1. The monoisotopic (exact) mass is 236 g/mol. The molecule has 0 aliphatic rings. The van der Waals surface area contributed by atoms with Gasteiger partial charge in [0.25, 0.3) is 0 Å². The van der Waals surface area contributed by atoms with Gasteiger partial charge in [0.1, 0.15) is 5.78 Å². The van der Waals surface area contributed by atoms with Crippen LogP contribution in [0.4, 0.5) is 0 Å². The summed E-state index contributed by atoms with van der Waals surface area (Å²) in [6, 6.07) is 19.9. The molecule has 1 heteroatoms. The molecule has 0 aliphatic heterocycles. The highest BCUT2D eigenvalue weighted by Crippen LogP contribution is 2.05.